The molecule has 1 aromatic carbocycles. The average Bonchev–Trinajstić information content (AvgIpc) is 2.33. The molecule has 0 heterocycles. The van der Waals surface area contributed by atoms with E-state index < -0.39 is 0 Å². The summed E-state index contributed by atoms with van der Waals surface area (Å²) in [6, 6.07) is 10.1. The second-order valence-corrected chi connectivity index (χ2v) is 5.11. The van der Waals surface area contributed by atoms with Gasteiger partial charge in [0, 0.05) is 12.1 Å². The van der Waals surface area contributed by atoms with Gasteiger partial charge < -0.3 is 5.32 Å². The Morgan fingerprint density at radius 1 is 1.18 bits per heavy atom. The maximum Gasteiger partial charge on any atom is 0.00642 e. The average molecular weight is 233 g/mol. The fraction of sp³-hybridized carbons (Fsp3) is 0.625. The van der Waals surface area contributed by atoms with Crippen molar-refractivity contribution in [2.24, 2.45) is 0 Å². The molecule has 0 spiro atoms. The predicted molar refractivity (Wildman–Crippen MR) is 76.5 cm³/mol. The van der Waals surface area contributed by atoms with Crippen LogP contribution < -0.4 is 5.32 Å². The third kappa shape index (κ3) is 5.36. The molecule has 0 radical (unpaired) electrons. The van der Waals surface area contributed by atoms with Crippen molar-refractivity contribution < 1.29 is 0 Å². The zero-order chi connectivity index (χ0) is 12.7. The predicted octanol–water partition coefficient (Wildman–Crippen LogP) is 4.09. The minimum absolute atomic E-state index is 0.611. The monoisotopic (exact) mass is 233 g/mol. The van der Waals surface area contributed by atoms with Gasteiger partial charge in [-0.15, -0.1) is 0 Å². The Morgan fingerprint density at radius 3 is 2.47 bits per heavy atom. The Kier molecular flexibility index (Phi) is 6.28. The topological polar surface area (TPSA) is 12.0 Å². The molecule has 1 heteroatoms. The first-order valence-electron chi connectivity index (χ1n) is 6.97. The van der Waals surface area contributed by atoms with Gasteiger partial charge in [-0.25, -0.2) is 0 Å². The number of rotatable bonds is 7. The molecule has 1 N–H and O–H groups in total. The van der Waals surface area contributed by atoms with Crippen molar-refractivity contribution in [1.82, 2.24) is 5.32 Å². The lowest BCUT2D eigenvalue weighted by molar-refractivity contribution is 0.409. The van der Waals surface area contributed by atoms with Crippen molar-refractivity contribution in [2.45, 2.75) is 65.5 Å². The van der Waals surface area contributed by atoms with Crippen molar-refractivity contribution in [3.05, 3.63) is 35.4 Å². The number of benzene rings is 1. The number of aryl methyl sites for hydroxylation is 2. The fourth-order valence-corrected chi connectivity index (χ4v) is 2.26. The van der Waals surface area contributed by atoms with Crippen molar-refractivity contribution in [3.8, 4) is 0 Å². The molecule has 1 atom stereocenters. The summed E-state index contributed by atoms with van der Waals surface area (Å²) in [5, 5.41) is 3.70. The van der Waals surface area contributed by atoms with E-state index in [1.54, 1.807) is 0 Å². The summed E-state index contributed by atoms with van der Waals surface area (Å²) in [5.41, 5.74) is 2.83. The van der Waals surface area contributed by atoms with Crippen LogP contribution in [0.15, 0.2) is 24.3 Å². The zero-order valence-corrected chi connectivity index (χ0v) is 11.8. The summed E-state index contributed by atoms with van der Waals surface area (Å²) in [7, 11) is 0. The van der Waals surface area contributed by atoms with E-state index in [1.807, 2.05) is 0 Å². The molecule has 1 unspecified atom stereocenters. The quantitative estimate of drug-likeness (QED) is 0.748. The molecule has 0 aromatic heterocycles. The van der Waals surface area contributed by atoms with E-state index in [-0.39, 0.29) is 0 Å². The van der Waals surface area contributed by atoms with Crippen LogP contribution >= 0.6 is 0 Å². The van der Waals surface area contributed by atoms with Gasteiger partial charge in [0.05, 0.1) is 0 Å². The summed E-state index contributed by atoms with van der Waals surface area (Å²) in [6.07, 6.45) is 4.85. The first kappa shape index (κ1) is 14.2. The number of hydrogen-bond donors (Lipinski definition) is 1. The maximum absolute atomic E-state index is 3.70. The summed E-state index contributed by atoms with van der Waals surface area (Å²) in [5.74, 6) is 0. The van der Waals surface area contributed by atoms with Crippen LogP contribution in [-0.4, -0.2) is 12.1 Å². The van der Waals surface area contributed by atoms with Gasteiger partial charge in [0.2, 0.25) is 0 Å². The molecule has 0 fully saturated rings. The standard InChI is InChI=1S/C16H27N/c1-5-16(6-2)17-14(4)10-11-15-9-7-8-13(3)12-15/h7-9,12,14,16-17H,5-6,10-11H2,1-4H3. The Balaban J connectivity index is 2.35. The molecule has 1 nitrogen and oxygen atoms in total. The fourth-order valence-electron chi connectivity index (χ4n) is 2.26. The minimum atomic E-state index is 0.611. The van der Waals surface area contributed by atoms with Crippen LogP contribution in [-0.2, 0) is 6.42 Å². The lowest BCUT2D eigenvalue weighted by Gasteiger charge is -2.21. The first-order valence-corrected chi connectivity index (χ1v) is 6.97. The lowest BCUT2D eigenvalue weighted by Crippen LogP contribution is -2.35. The van der Waals surface area contributed by atoms with E-state index in [0.717, 1.165) is 0 Å². The van der Waals surface area contributed by atoms with Gasteiger partial charge in [0.25, 0.3) is 0 Å². The molecule has 1 aromatic rings. The number of nitrogens with one attached hydrogen (secondary N) is 1. The van der Waals surface area contributed by atoms with E-state index >= 15 is 0 Å². The van der Waals surface area contributed by atoms with Gasteiger partial charge in [0.1, 0.15) is 0 Å². The molecule has 0 aliphatic rings. The Bertz CT molecular complexity index is 315. The second-order valence-electron chi connectivity index (χ2n) is 5.11. The third-order valence-electron chi connectivity index (χ3n) is 3.45. The molecular weight excluding hydrogens is 206 g/mol. The Labute approximate surface area is 107 Å². The highest BCUT2D eigenvalue weighted by molar-refractivity contribution is 5.22. The molecule has 0 aliphatic carbocycles. The normalized spacial score (nSPS) is 13.0. The van der Waals surface area contributed by atoms with E-state index in [0.29, 0.717) is 12.1 Å². The third-order valence-corrected chi connectivity index (χ3v) is 3.45. The Hall–Kier alpha value is -0.820. The van der Waals surface area contributed by atoms with Gasteiger partial charge in [-0.3, -0.25) is 0 Å². The van der Waals surface area contributed by atoms with Crippen LogP contribution in [0.25, 0.3) is 0 Å². The van der Waals surface area contributed by atoms with E-state index in [9.17, 15) is 0 Å². The molecule has 0 bridgehead atoms. The van der Waals surface area contributed by atoms with Crippen LogP contribution in [0.5, 0.6) is 0 Å². The van der Waals surface area contributed by atoms with Gasteiger partial charge in [-0.2, -0.15) is 0 Å². The molecule has 17 heavy (non-hydrogen) atoms. The molecule has 0 aliphatic heterocycles. The molecule has 0 saturated carbocycles. The maximum atomic E-state index is 3.70. The van der Waals surface area contributed by atoms with Crippen LogP contribution in [0.3, 0.4) is 0 Å². The minimum Gasteiger partial charge on any atom is -0.312 e. The second kappa shape index (κ2) is 7.50. The summed E-state index contributed by atoms with van der Waals surface area (Å²) >= 11 is 0. The Morgan fingerprint density at radius 2 is 1.88 bits per heavy atom. The van der Waals surface area contributed by atoms with Crippen molar-refractivity contribution >= 4 is 0 Å². The number of hydrogen-bond acceptors (Lipinski definition) is 1. The molecule has 1 rings (SSSR count). The first-order chi connectivity index (χ1) is 8.15. The van der Waals surface area contributed by atoms with Gasteiger partial charge in [-0.05, 0) is 45.1 Å². The van der Waals surface area contributed by atoms with Gasteiger partial charge >= 0.3 is 0 Å². The molecular formula is C16H27N. The van der Waals surface area contributed by atoms with Gasteiger partial charge in [0.15, 0.2) is 0 Å². The summed E-state index contributed by atoms with van der Waals surface area (Å²) in [6.45, 7) is 8.98. The molecule has 0 saturated heterocycles. The highest BCUT2D eigenvalue weighted by Gasteiger charge is 2.08. The van der Waals surface area contributed by atoms with E-state index in [4.69, 9.17) is 0 Å². The van der Waals surface area contributed by atoms with Crippen molar-refractivity contribution in [2.75, 3.05) is 0 Å². The van der Waals surface area contributed by atoms with Crippen LogP contribution in [0, 0.1) is 6.92 Å². The van der Waals surface area contributed by atoms with E-state index in [1.165, 1.54) is 36.8 Å². The molecule has 0 amide bonds. The zero-order valence-electron chi connectivity index (χ0n) is 11.8. The molecule has 96 valence electrons. The van der Waals surface area contributed by atoms with Crippen LogP contribution in [0.2, 0.25) is 0 Å². The SMILES string of the molecule is CCC(CC)NC(C)CCc1cccc(C)c1. The van der Waals surface area contributed by atoms with Crippen LogP contribution in [0.4, 0.5) is 0 Å². The summed E-state index contributed by atoms with van der Waals surface area (Å²) in [4.78, 5) is 0. The van der Waals surface area contributed by atoms with Gasteiger partial charge in [-0.1, -0.05) is 43.7 Å². The smallest absolute Gasteiger partial charge is 0.00642 e. The highest BCUT2D eigenvalue weighted by atomic mass is 14.9. The van der Waals surface area contributed by atoms with E-state index in [2.05, 4.69) is 57.3 Å². The van der Waals surface area contributed by atoms with Crippen molar-refractivity contribution in [1.29, 1.82) is 0 Å². The highest BCUT2D eigenvalue weighted by Crippen LogP contribution is 2.09. The van der Waals surface area contributed by atoms with Crippen molar-refractivity contribution in [3.63, 3.8) is 0 Å². The summed E-state index contributed by atoms with van der Waals surface area (Å²) < 4.78 is 0. The van der Waals surface area contributed by atoms with Crippen LogP contribution in [0.1, 0.15) is 51.2 Å². The largest absolute Gasteiger partial charge is 0.312 e. The lowest BCUT2D eigenvalue weighted by atomic mass is 10.0.